The first-order valence-electron chi connectivity index (χ1n) is 6.17. The summed E-state index contributed by atoms with van der Waals surface area (Å²) in [5.74, 6) is -0.342. The standard InChI is InChI=1S/C11H23N3O5/c1-7(4-15)11(18-6-8(2)13-14-12)19-10(5-16)9(3)17/h7-11,15-17H,4-6H2,1-3H3/t7-,8?,9-,10?,11+/m0/s1. The Labute approximate surface area is 112 Å². The van der Waals surface area contributed by atoms with Crippen molar-refractivity contribution in [3.63, 3.8) is 0 Å². The highest BCUT2D eigenvalue weighted by Gasteiger charge is 2.25. The van der Waals surface area contributed by atoms with Gasteiger partial charge in [0, 0.05) is 10.8 Å². The zero-order valence-corrected chi connectivity index (χ0v) is 11.5. The Bertz CT molecular complexity index is 284. The van der Waals surface area contributed by atoms with Crippen LogP contribution in [0.25, 0.3) is 10.4 Å². The molecule has 0 fully saturated rings. The van der Waals surface area contributed by atoms with Crippen molar-refractivity contribution >= 4 is 0 Å². The number of hydrogen-bond acceptors (Lipinski definition) is 6. The Morgan fingerprint density at radius 2 is 1.84 bits per heavy atom. The van der Waals surface area contributed by atoms with Crippen LogP contribution in [-0.2, 0) is 9.47 Å². The summed E-state index contributed by atoms with van der Waals surface area (Å²) in [6.07, 6.45) is -2.46. The van der Waals surface area contributed by atoms with Crippen LogP contribution < -0.4 is 0 Å². The van der Waals surface area contributed by atoms with Crippen molar-refractivity contribution in [2.45, 2.75) is 45.3 Å². The molecule has 8 nitrogen and oxygen atoms in total. The smallest absolute Gasteiger partial charge is 0.162 e. The highest BCUT2D eigenvalue weighted by Crippen LogP contribution is 2.14. The quantitative estimate of drug-likeness (QED) is 0.231. The predicted molar refractivity (Wildman–Crippen MR) is 68.2 cm³/mol. The topological polar surface area (TPSA) is 128 Å². The fraction of sp³-hybridized carbons (Fsp3) is 1.00. The van der Waals surface area contributed by atoms with Crippen LogP contribution in [0.4, 0.5) is 0 Å². The molecular weight excluding hydrogens is 254 g/mol. The van der Waals surface area contributed by atoms with Gasteiger partial charge in [-0.3, -0.25) is 0 Å². The summed E-state index contributed by atoms with van der Waals surface area (Å²) in [6.45, 7) is 4.47. The second-order valence-corrected chi connectivity index (χ2v) is 4.51. The Balaban J connectivity index is 4.50. The minimum Gasteiger partial charge on any atom is -0.396 e. The van der Waals surface area contributed by atoms with Gasteiger partial charge in [-0.2, -0.15) is 0 Å². The number of aliphatic hydroxyl groups is 3. The summed E-state index contributed by atoms with van der Waals surface area (Å²) >= 11 is 0. The van der Waals surface area contributed by atoms with Gasteiger partial charge in [-0.25, -0.2) is 0 Å². The van der Waals surface area contributed by atoms with Crippen LogP contribution in [0.3, 0.4) is 0 Å². The van der Waals surface area contributed by atoms with Gasteiger partial charge in [0.2, 0.25) is 0 Å². The first-order chi connectivity index (χ1) is 8.96. The summed E-state index contributed by atoms with van der Waals surface area (Å²) < 4.78 is 10.8. The Morgan fingerprint density at radius 3 is 2.26 bits per heavy atom. The van der Waals surface area contributed by atoms with Crippen molar-refractivity contribution in [2.75, 3.05) is 19.8 Å². The molecule has 0 saturated carbocycles. The third-order valence-corrected chi connectivity index (χ3v) is 2.53. The van der Waals surface area contributed by atoms with Gasteiger partial charge in [-0.05, 0) is 12.5 Å². The number of aliphatic hydroxyl groups excluding tert-OH is 3. The number of nitrogens with zero attached hydrogens (tertiary/aromatic N) is 3. The lowest BCUT2D eigenvalue weighted by molar-refractivity contribution is -0.223. The Kier molecular flexibility index (Phi) is 9.50. The normalized spacial score (nSPS) is 19.1. The van der Waals surface area contributed by atoms with E-state index in [1.807, 2.05) is 0 Å². The average molecular weight is 277 g/mol. The molecule has 0 rings (SSSR count). The largest absolute Gasteiger partial charge is 0.396 e. The molecule has 0 amide bonds. The molecule has 0 aliphatic carbocycles. The maximum atomic E-state index is 9.41. The maximum absolute atomic E-state index is 9.41. The lowest BCUT2D eigenvalue weighted by Crippen LogP contribution is -2.39. The van der Waals surface area contributed by atoms with E-state index in [4.69, 9.17) is 25.2 Å². The lowest BCUT2D eigenvalue weighted by Gasteiger charge is -2.29. The van der Waals surface area contributed by atoms with E-state index >= 15 is 0 Å². The average Bonchev–Trinajstić information content (AvgIpc) is 2.38. The molecule has 112 valence electrons. The first-order valence-corrected chi connectivity index (χ1v) is 6.17. The monoisotopic (exact) mass is 277 g/mol. The summed E-state index contributed by atoms with van der Waals surface area (Å²) in [5, 5.41) is 31.1. The van der Waals surface area contributed by atoms with Gasteiger partial charge in [0.1, 0.15) is 6.10 Å². The molecule has 0 aliphatic heterocycles. The van der Waals surface area contributed by atoms with Crippen LogP contribution in [-0.4, -0.2) is 59.7 Å². The zero-order valence-electron chi connectivity index (χ0n) is 11.5. The zero-order chi connectivity index (χ0) is 14.8. The van der Waals surface area contributed by atoms with E-state index in [1.54, 1.807) is 13.8 Å². The second kappa shape index (κ2) is 9.96. The van der Waals surface area contributed by atoms with E-state index in [1.165, 1.54) is 6.92 Å². The van der Waals surface area contributed by atoms with Gasteiger partial charge >= 0.3 is 0 Å². The number of hydrogen-bond donors (Lipinski definition) is 3. The van der Waals surface area contributed by atoms with Crippen molar-refractivity contribution in [3.8, 4) is 0 Å². The molecule has 0 bridgehead atoms. The third-order valence-electron chi connectivity index (χ3n) is 2.53. The van der Waals surface area contributed by atoms with Gasteiger partial charge in [-0.15, -0.1) is 0 Å². The van der Waals surface area contributed by atoms with E-state index in [-0.39, 0.29) is 31.8 Å². The summed E-state index contributed by atoms with van der Waals surface area (Å²) in [6, 6.07) is -0.374. The molecule has 0 aromatic carbocycles. The molecule has 0 spiro atoms. The van der Waals surface area contributed by atoms with Gasteiger partial charge in [0.05, 0.1) is 32.0 Å². The Hall–Kier alpha value is -0.890. The van der Waals surface area contributed by atoms with Crippen molar-refractivity contribution in [2.24, 2.45) is 11.0 Å². The molecule has 5 atom stereocenters. The molecule has 0 aromatic rings. The van der Waals surface area contributed by atoms with Gasteiger partial charge in [0.15, 0.2) is 6.29 Å². The molecule has 0 saturated heterocycles. The highest BCUT2D eigenvalue weighted by atomic mass is 16.7. The predicted octanol–water partition coefficient (Wildman–Crippen LogP) is 0.415. The minimum absolute atomic E-state index is 0.122. The van der Waals surface area contributed by atoms with Crippen LogP contribution >= 0.6 is 0 Å². The third kappa shape index (κ3) is 7.31. The molecule has 8 heteroatoms. The van der Waals surface area contributed by atoms with Crippen molar-refractivity contribution in [3.05, 3.63) is 10.4 Å². The molecule has 0 aliphatic rings. The number of ether oxygens (including phenoxy) is 2. The van der Waals surface area contributed by atoms with Gasteiger partial charge in [-0.1, -0.05) is 19.0 Å². The van der Waals surface area contributed by atoms with Crippen LogP contribution in [0.15, 0.2) is 5.11 Å². The summed E-state index contributed by atoms with van der Waals surface area (Å²) in [7, 11) is 0. The van der Waals surface area contributed by atoms with Gasteiger partial charge < -0.3 is 24.8 Å². The number of rotatable bonds is 10. The van der Waals surface area contributed by atoms with E-state index in [0.717, 1.165) is 0 Å². The molecule has 2 unspecified atom stereocenters. The fourth-order valence-electron chi connectivity index (χ4n) is 1.26. The minimum atomic E-state index is -0.864. The number of azide groups is 1. The van der Waals surface area contributed by atoms with Crippen LogP contribution in [0.2, 0.25) is 0 Å². The van der Waals surface area contributed by atoms with E-state index in [2.05, 4.69) is 10.0 Å². The SMILES string of the molecule is CC(CO[C@H](OC(CO)[C@H](C)O)[C@@H](C)CO)N=[N+]=[N-]. The van der Waals surface area contributed by atoms with Crippen molar-refractivity contribution < 1.29 is 24.8 Å². The molecule has 19 heavy (non-hydrogen) atoms. The van der Waals surface area contributed by atoms with Crippen molar-refractivity contribution in [1.82, 2.24) is 0 Å². The molecule has 0 heterocycles. The van der Waals surface area contributed by atoms with E-state index in [0.29, 0.717) is 0 Å². The highest BCUT2D eigenvalue weighted by molar-refractivity contribution is 4.67. The summed E-state index contributed by atoms with van der Waals surface area (Å²) in [4.78, 5) is 2.66. The summed E-state index contributed by atoms with van der Waals surface area (Å²) in [5.41, 5.74) is 8.28. The van der Waals surface area contributed by atoms with Gasteiger partial charge in [0.25, 0.3) is 0 Å². The fourth-order valence-corrected chi connectivity index (χ4v) is 1.26. The first kappa shape index (κ1) is 18.1. The molecule has 3 N–H and O–H groups in total. The van der Waals surface area contributed by atoms with Crippen molar-refractivity contribution in [1.29, 1.82) is 0 Å². The maximum Gasteiger partial charge on any atom is 0.162 e. The molecular formula is C11H23N3O5. The van der Waals surface area contributed by atoms with E-state index < -0.39 is 18.5 Å². The van der Waals surface area contributed by atoms with Crippen LogP contribution in [0.5, 0.6) is 0 Å². The van der Waals surface area contributed by atoms with E-state index in [9.17, 15) is 5.11 Å². The van der Waals surface area contributed by atoms with Crippen LogP contribution in [0.1, 0.15) is 20.8 Å². The molecule has 0 aromatic heterocycles. The van der Waals surface area contributed by atoms with Crippen LogP contribution in [0, 0.1) is 5.92 Å². The Morgan fingerprint density at radius 1 is 1.21 bits per heavy atom. The lowest BCUT2D eigenvalue weighted by atomic mass is 10.1. The molecule has 0 radical (unpaired) electrons. The second-order valence-electron chi connectivity index (χ2n) is 4.51.